The molecule has 0 N–H and O–H groups in total. The van der Waals surface area contributed by atoms with E-state index in [1.165, 1.54) is 6.26 Å². The van der Waals surface area contributed by atoms with Gasteiger partial charge in [0.25, 0.3) is 0 Å². The van der Waals surface area contributed by atoms with E-state index in [-0.39, 0.29) is 0 Å². The van der Waals surface area contributed by atoms with Gasteiger partial charge in [0.1, 0.15) is 6.61 Å². The molecule has 0 radical (unpaired) electrons. The highest BCUT2D eigenvalue weighted by molar-refractivity contribution is 14.1. The van der Waals surface area contributed by atoms with Gasteiger partial charge in [0.2, 0.25) is 0 Å². The number of hydrogen-bond donors (Lipinski definition) is 0. The zero-order chi connectivity index (χ0) is 19.7. The minimum atomic E-state index is 0.514. The lowest BCUT2D eigenvalue weighted by Crippen LogP contribution is -2.14. The first kappa shape index (κ1) is 27.0. The van der Waals surface area contributed by atoms with Crippen LogP contribution in [0.15, 0.2) is 12.8 Å². The van der Waals surface area contributed by atoms with Crippen molar-refractivity contribution >= 4 is 22.6 Å². The Bertz CT molecular complexity index is 284. The van der Waals surface area contributed by atoms with Gasteiger partial charge < -0.3 is 37.9 Å². The van der Waals surface area contributed by atoms with Crippen molar-refractivity contribution < 1.29 is 37.9 Å². The highest BCUT2D eigenvalue weighted by Gasteiger charge is 1.94. The Hall–Kier alpha value is -0.0100. The van der Waals surface area contributed by atoms with Gasteiger partial charge in [0.15, 0.2) is 0 Å². The van der Waals surface area contributed by atoms with E-state index in [0.717, 1.165) is 11.0 Å². The minimum absolute atomic E-state index is 0.514. The molecule has 8 nitrogen and oxygen atoms in total. The molecular formula is C18H35IO8. The molecule has 0 aliphatic rings. The average molecular weight is 506 g/mol. The number of hydrogen-bond acceptors (Lipinski definition) is 8. The van der Waals surface area contributed by atoms with E-state index in [4.69, 9.17) is 37.9 Å². The summed E-state index contributed by atoms with van der Waals surface area (Å²) < 4.78 is 43.4. The Kier molecular flexibility index (Phi) is 26.0. The minimum Gasteiger partial charge on any atom is -0.499 e. The number of ether oxygens (including phenoxy) is 8. The second-order valence-electron chi connectivity index (χ2n) is 5.01. The maximum atomic E-state index is 5.41. The fourth-order valence-electron chi connectivity index (χ4n) is 1.67. The normalized spacial score (nSPS) is 11.0. The fourth-order valence-corrected chi connectivity index (χ4v) is 1.98. The molecule has 0 amide bonds. The summed E-state index contributed by atoms with van der Waals surface area (Å²) in [4.78, 5) is 0. The van der Waals surface area contributed by atoms with E-state index in [2.05, 4.69) is 29.2 Å². The Morgan fingerprint density at radius 2 is 0.704 bits per heavy atom. The maximum absolute atomic E-state index is 5.41. The average Bonchev–Trinajstić information content (AvgIpc) is 2.68. The van der Waals surface area contributed by atoms with Gasteiger partial charge in [-0.05, 0) is 0 Å². The van der Waals surface area contributed by atoms with E-state index in [0.29, 0.717) is 92.5 Å². The summed E-state index contributed by atoms with van der Waals surface area (Å²) in [6.45, 7) is 12.0. The lowest BCUT2D eigenvalue weighted by Gasteiger charge is -2.08. The van der Waals surface area contributed by atoms with Crippen LogP contribution in [0.1, 0.15) is 0 Å². The Morgan fingerprint density at radius 3 is 0.963 bits per heavy atom. The topological polar surface area (TPSA) is 73.8 Å². The molecule has 0 spiro atoms. The van der Waals surface area contributed by atoms with Crippen LogP contribution in [0.5, 0.6) is 0 Å². The smallest absolute Gasteiger partial charge is 0.111 e. The molecule has 0 heterocycles. The molecule has 0 aliphatic carbocycles. The van der Waals surface area contributed by atoms with Gasteiger partial charge in [-0.25, -0.2) is 0 Å². The zero-order valence-corrected chi connectivity index (χ0v) is 18.4. The Morgan fingerprint density at radius 1 is 0.444 bits per heavy atom. The SMILES string of the molecule is C=COCCOCCOCCOCCOCCOCCOCCOCCI. The molecule has 0 bridgehead atoms. The van der Waals surface area contributed by atoms with Crippen molar-refractivity contribution in [3.05, 3.63) is 12.8 Å². The van der Waals surface area contributed by atoms with Crippen molar-refractivity contribution in [1.29, 1.82) is 0 Å². The monoisotopic (exact) mass is 506 g/mol. The molecule has 0 fully saturated rings. The van der Waals surface area contributed by atoms with Gasteiger partial charge in [-0.3, -0.25) is 0 Å². The zero-order valence-electron chi connectivity index (χ0n) is 16.2. The predicted octanol–water partition coefficient (Wildman–Crippen LogP) is 1.70. The molecule has 0 aromatic carbocycles. The van der Waals surface area contributed by atoms with Gasteiger partial charge >= 0.3 is 0 Å². The Balaban J connectivity index is 2.96. The van der Waals surface area contributed by atoms with Gasteiger partial charge in [-0.2, -0.15) is 0 Å². The van der Waals surface area contributed by atoms with Crippen LogP contribution in [0, 0.1) is 0 Å². The Labute approximate surface area is 176 Å². The molecule has 0 saturated heterocycles. The molecular weight excluding hydrogens is 471 g/mol. The van der Waals surface area contributed by atoms with Crippen molar-refractivity contribution in [2.24, 2.45) is 0 Å². The second-order valence-corrected chi connectivity index (χ2v) is 6.09. The van der Waals surface area contributed by atoms with Crippen LogP contribution in [0.2, 0.25) is 0 Å². The standard InChI is InChI=1S/C18H35IO8/c1-2-20-5-6-22-9-10-24-13-14-26-17-18-27-16-15-25-12-11-23-8-7-21-4-3-19/h2H,1,3-18H2. The molecule has 162 valence electrons. The van der Waals surface area contributed by atoms with Crippen molar-refractivity contribution in [1.82, 2.24) is 0 Å². The molecule has 9 heteroatoms. The third-order valence-electron chi connectivity index (χ3n) is 2.92. The third-order valence-corrected chi connectivity index (χ3v) is 3.36. The summed E-state index contributed by atoms with van der Waals surface area (Å²) >= 11 is 2.28. The summed E-state index contributed by atoms with van der Waals surface area (Å²) in [5.41, 5.74) is 0. The highest BCUT2D eigenvalue weighted by atomic mass is 127. The molecule has 0 atom stereocenters. The predicted molar refractivity (Wildman–Crippen MR) is 111 cm³/mol. The van der Waals surface area contributed by atoms with Crippen LogP contribution in [0.3, 0.4) is 0 Å². The number of alkyl halides is 1. The first-order chi connectivity index (χ1) is 13.4. The largest absolute Gasteiger partial charge is 0.499 e. The summed E-state index contributed by atoms with van der Waals surface area (Å²) in [6, 6.07) is 0. The van der Waals surface area contributed by atoms with Crippen molar-refractivity contribution in [2.45, 2.75) is 0 Å². The third kappa shape index (κ3) is 26.0. The lowest BCUT2D eigenvalue weighted by molar-refractivity contribution is -0.0212. The first-order valence-corrected chi connectivity index (χ1v) is 10.8. The van der Waals surface area contributed by atoms with Crippen LogP contribution >= 0.6 is 22.6 Å². The van der Waals surface area contributed by atoms with Gasteiger partial charge in [0, 0.05) is 4.43 Å². The second kappa shape index (κ2) is 26.0. The van der Waals surface area contributed by atoms with Gasteiger partial charge in [0.05, 0.1) is 98.8 Å². The fraction of sp³-hybridized carbons (Fsp3) is 0.889. The van der Waals surface area contributed by atoms with E-state index in [9.17, 15) is 0 Å². The first-order valence-electron chi connectivity index (χ1n) is 9.24. The van der Waals surface area contributed by atoms with Crippen molar-refractivity contribution in [3.8, 4) is 0 Å². The van der Waals surface area contributed by atoms with Crippen molar-refractivity contribution in [2.75, 3.05) is 104 Å². The van der Waals surface area contributed by atoms with Gasteiger partial charge in [-0.1, -0.05) is 29.2 Å². The molecule has 0 saturated carbocycles. The van der Waals surface area contributed by atoms with E-state index in [1.807, 2.05) is 0 Å². The van der Waals surface area contributed by atoms with Gasteiger partial charge in [-0.15, -0.1) is 0 Å². The molecule has 0 rings (SSSR count). The summed E-state index contributed by atoms with van der Waals surface area (Å²) in [7, 11) is 0. The summed E-state index contributed by atoms with van der Waals surface area (Å²) in [6.07, 6.45) is 1.40. The van der Waals surface area contributed by atoms with Crippen LogP contribution in [-0.4, -0.2) is 104 Å². The quantitative estimate of drug-likeness (QED) is 0.0848. The molecule has 27 heavy (non-hydrogen) atoms. The van der Waals surface area contributed by atoms with Crippen LogP contribution in [0.25, 0.3) is 0 Å². The number of rotatable bonds is 24. The van der Waals surface area contributed by atoms with Crippen LogP contribution in [-0.2, 0) is 37.9 Å². The van der Waals surface area contributed by atoms with Crippen LogP contribution in [0.4, 0.5) is 0 Å². The number of halogens is 1. The maximum Gasteiger partial charge on any atom is 0.111 e. The van der Waals surface area contributed by atoms with Crippen molar-refractivity contribution in [3.63, 3.8) is 0 Å². The van der Waals surface area contributed by atoms with E-state index < -0.39 is 0 Å². The molecule has 0 aliphatic heterocycles. The summed E-state index contributed by atoms with van der Waals surface area (Å²) in [5, 5.41) is 0. The molecule has 0 aromatic heterocycles. The molecule has 0 aromatic rings. The van der Waals surface area contributed by atoms with Crippen LogP contribution < -0.4 is 0 Å². The van der Waals surface area contributed by atoms with E-state index >= 15 is 0 Å². The highest BCUT2D eigenvalue weighted by Crippen LogP contribution is 1.86. The van der Waals surface area contributed by atoms with E-state index in [1.54, 1.807) is 0 Å². The lowest BCUT2D eigenvalue weighted by atomic mass is 10.6. The summed E-state index contributed by atoms with van der Waals surface area (Å²) in [5.74, 6) is 0. The molecule has 0 unspecified atom stereocenters.